The highest BCUT2D eigenvalue weighted by Gasteiger charge is 2.17. The maximum Gasteiger partial charge on any atom is 0.168 e. The molecule has 0 aliphatic rings. The zero-order chi connectivity index (χ0) is 12.3. The van der Waals surface area contributed by atoms with Gasteiger partial charge in [-0.15, -0.1) is 0 Å². The van der Waals surface area contributed by atoms with Crippen molar-refractivity contribution < 1.29 is 8.78 Å². The first kappa shape index (κ1) is 12.7. The lowest BCUT2D eigenvalue weighted by Crippen LogP contribution is -2.32. The molecule has 0 fully saturated rings. The summed E-state index contributed by atoms with van der Waals surface area (Å²) in [6, 6.07) is 0.973. The molecular weight excluding hydrogens is 212 g/mol. The molecule has 0 aromatic carbocycles. The first-order chi connectivity index (χ1) is 7.51. The van der Waals surface area contributed by atoms with E-state index in [0.717, 1.165) is 6.07 Å². The molecule has 1 rings (SSSR count). The van der Waals surface area contributed by atoms with Crippen LogP contribution in [-0.4, -0.2) is 24.6 Å². The lowest BCUT2D eigenvalue weighted by molar-refractivity contribution is 0.562. The fraction of sp³-hybridized carbons (Fsp3) is 0.545. The van der Waals surface area contributed by atoms with Crippen molar-refractivity contribution >= 4 is 11.6 Å². The van der Waals surface area contributed by atoms with Gasteiger partial charge in [0.2, 0.25) is 0 Å². The zero-order valence-electron chi connectivity index (χ0n) is 10.0. The van der Waals surface area contributed by atoms with Crippen LogP contribution in [0.2, 0.25) is 0 Å². The molecule has 0 saturated carbocycles. The molecule has 1 aromatic rings. The lowest BCUT2D eigenvalue weighted by Gasteiger charge is -2.27. The van der Waals surface area contributed by atoms with E-state index in [1.54, 1.807) is 11.9 Å². The van der Waals surface area contributed by atoms with Gasteiger partial charge >= 0.3 is 0 Å². The summed E-state index contributed by atoms with van der Waals surface area (Å²) in [4.78, 5) is 5.72. The minimum Gasteiger partial charge on any atom is -0.371 e. The number of nitrogens with one attached hydrogen (secondary N) is 1. The Hall–Kier alpha value is -1.39. The van der Waals surface area contributed by atoms with E-state index in [2.05, 4.69) is 10.3 Å². The van der Waals surface area contributed by atoms with Gasteiger partial charge in [0, 0.05) is 25.7 Å². The Kier molecular flexibility index (Phi) is 4.04. The molecule has 3 nitrogen and oxygen atoms in total. The molecular formula is C11H17F2N3. The molecule has 0 amide bonds. The molecule has 0 spiro atoms. The summed E-state index contributed by atoms with van der Waals surface area (Å²) >= 11 is 0. The van der Waals surface area contributed by atoms with Crippen LogP contribution >= 0.6 is 0 Å². The average molecular weight is 229 g/mol. The number of aromatic nitrogens is 1. The summed E-state index contributed by atoms with van der Waals surface area (Å²) in [7, 11) is 1.55. The molecule has 0 aliphatic carbocycles. The van der Waals surface area contributed by atoms with Crippen molar-refractivity contribution in [3.8, 4) is 0 Å². The average Bonchev–Trinajstić information content (AvgIpc) is 2.21. The predicted molar refractivity (Wildman–Crippen MR) is 61.9 cm³/mol. The van der Waals surface area contributed by atoms with Gasteiger partial charge in [-0.05, 0) is 20.8 Å². The summed E-state index contributed by atoms with van der Waals surface area (Å²) in [5.41, 5.74) is 0. The Balaban J connectivity index is 3.21. The third kappa shape index (κ3) is 2.40. The summed E-state index contributed by atoms with van der Waals surface area (Å²) in [6.45, 7) is 6.40. The first-order valence-electron chi connectivity index (χ1n) is 5.31. The Labute approximate surface area is 94.5 Å². The molecule has 16 heavy (non-hydrogen) atoms. The third-order valence-corrected chi connectivity index (χ3v) is 2.38. The van der Waals surface area contributed by atoms with E-state index in [4.69, 9.17) is 0 Å². The maximum absolute atomic E-state index is 13.6. The van der Waals surface area contributed by atoms with Crippen LogP contribution in [0.25, 0.3) is 0 Å². The highest BCUT2D eigenvalue weighted by Crippen LogP contribution is 2.23. The molecule has 1 aromatic heterocycles. The number of halogens is 2. The Morgan fingerprint density at radius 2 is 2.00 bits per heavy atom. The summed E-state index contributed by atoms with van der Waals surface area (Å²) < 4.78 is 26.8. The summed E-state index contributed by atoms with van der Waals surface area (Å²) in [5, 5.41) is 2.60. The molecule has 0 saturated heterocycles. The molecule has 0 radical (unpaired) electrons. The number of pyridine rings is 1. The van der Waals surface area contributed by atoms with Crippen LogP contribution in [0.15, 0.2) is 6.07 Å². The number of nitrogens with zero attached hydrogens (tertiary/aromatic N) is 2. The number of hydrogen-bond donors (Lipinski definition) is 1. The van der Waals surface area contributed by atoms with Gasteiger partial charge in [-0.1, -0.05) is 0 Å². The molecule has 1 heterocycles. The van der Waals surface area contributed by atoms with Crippen molar-refractivity contribution in [2.24, 2.45) is 0 Å². The van der Waals surface area contributed by atoms with Gasteiger partial charge in [0.15, 0.2) is 23.3 Å². The van der Waals surface area contributed by atoms with Crippen LogP contribution in [0.1, 0.15) is 20.8 Å². The third-order valence-electron chi connectivity index (χ3n) is 2.38. The van der Waals surface area contributed by atoms with Gasteiger partial charge in [0.1, 0.15) is 0 Å². The van der Waals surface area contributed by atoms with Crippen LogP contribution < -0.4 is 10.2 Å². The fourth-order valence-corrected chi connectivity index (χ4v) is 1.59. The van der Waals surface area contributed by atoms with E-state index in [1.807, 2.05) is 20.8 Å². The van der Waals surface area contributed by atoms with Crippen LogP contribution in [0.4, 0.5) is 20.4 Å². The van der Waals surface area contributed by atoms with E-state index < -0.39 is 11.6 Å². The van der Waals surface area contributed by atoms with Crippen molar-refractivity contribution in [1.82, 2.24) is 4.98 Å². The van der Waals surface area contributed by atoms with E-state index in [1.165, 1.54) is 0 Å². The molecule has 0 unspecified atom stereocenters. The number of anilines is 2. The SMILES string of the molecule is CCN(c1nc(NC)c(F)cc1F)C(C)C. The van der Waals surface area contributed by atoms with Crippen molar-refractivity contribution in [3.05, 3.63) is 17.7 Å². The Bertz CT molecular complexity index is 366. The van der Waals surface area contributed by atoms with E-state index in [-0.39, 0.29) is 17.7 Å². The Morgan fingerprint density at radius 3 is 2.44 bits per heavy atom. The van der Waals surface area contributed by atoms with Gasteiger partial charge in [0.05, 0.1) is 0 Å². The highest BCUT2D eigenvalue weighted by molar-refractivity contribution is 5.49. The summed E-state index contributed by atoms with van der Waals surface area (Å²) in [5.74, 6) is -1.06. The predicted octanol–water partition coefficient (Wildman–Crippen LogP) is 2.64. The van der Waals surface area contributed by atoms with Gasteiger partial charge in [-0.3, -0.25) is 0 Å². The van der Waals surface area contributed by atoms with Crippen LogP contribution in [0, 0.1) is 11.6 Å². The zero-order valence-corrected chi connectivity index (χ0v) is 10.0. The largest absolute Gasteiger partial charge is 0.371 e. The monoisotopic (exact) mass is 229 g/mol. The standard InChI is InChI=1S/C11H17F2N3/c1-5-16(7(2)3)11-9(13)6-8(12)10(14-4)15-11/h6-7H,5H2,1-4H3,(H,14,15). The van der Waals surface area contributed by atoms with Gasteiger partial charge in [-0.25, -0.2) is 13.8 Å². The lowest BCUT2D eigenvalue weighted by atomic mass is 10.3. The molecule has 0 bridgehead atoms. The normalized spacial score (nSPS) is 10.7. The van der Waals surface area contributed by atoms with Crippen molar-refractivity contribution in [2.75, 3.05) is 23.8 Å². The van der Waals surface area contributed by atoms with Crippen molar-refractivity contribution in [1.29, 1.82) is 0 Å². The van der Waals surface area contributed by atoms with Gasteiger partial charge in [-0.2, -0.15) is 0 Å². The number of rotatable bonds is 4. The number of hydrogen-bond acceptors (Lipinski definition) is 3. The summed E-state index contributed by atoms with van der Waals surface area (Å²) in [6.07, 6.45) is 0. The fourth-order valence-electron chi connectivity index (χ4n) is 1.59. The van der Waals surface area contributed by atoms with Crippen LogP contribution in [-0.2, 0) is 0 Å². The molecule has 0 atom stereocenters. The highest BCUT2D eigenvalue weighted by atomic mass is 19.1. The minimum absolute atomic E-state index is 0.0653. The quantitative estimate of drug-likeness (QED) is 0.860. The van der Waals surface area contributed by atoms with Crippen LogP contribution in [0.3, 0.4) is 0 Å². The van der Waals surface area contributed by atoms with Crippen molar-refractivity contribution in [2.45, 2.75) is 26.8 Å². The van der Waals surface area contributed by atoms with Crippen molar-refractivity contribution in [3.63, 3.8) is 0 Å². The van der Waals surface area contributed by atoms with Gasteiger partial charge in [0.25, 0.3) is 0 Å². The smallest absolute Gasteiger partial charge is 0.168 e. The van der Waals surface area contributed by atoms with E-state index in [9.17, 15) is 8.78 Å². The maximum atomic E-state index is 13.6. The van der Waals surface area contributed by atoms with E-state index in [0.29, 0.717) is 6.54 Å². The second kappa shape index (κ2) is 5.09. The Morgan fingerprint density at radius 1 is 1.38 bits per heavy atom. The second-order valence-corrected chi connectivity index (χ2v) is 3.75. The first-order valence-corrected chi connectivity index (χ1v) is 5.31. The molecule has 90 valence electrons. The molecule has 1 N–H and O–H groups in total. The molecule has 5 heteroatoms. The second-order valence-electron chi connectivity index (χ2n) is 3.75. The minimum atomic E-state index is -0.677. The van der Waals surface area contributed by atoms with Gasteiger partial charge < -0.3 is 10.2 Å². The van der Waals surface area contributed by atoms with Crippen LogP contribution in [0.5, 0.6) is 0 Å². The topological polar surface area (TPSA) is 28.2 Å². The van der Waals surface area contributed by atoms with E-state index >= 15 is 0 Å². The molecule has 0 aliphatic heterocycles.